The summed E-state index contributed by atoms with van der Waals surface area (Å²) >= 11 is 0. The van der Waals surface area contributed by atoms with Gasteiger partial charge < -0.3 is 13.8 Å². The van der Waals surface area contributed by atoms with E-state index in [1.54, 1.807) is 6.20 Å². The van der Waals surface area contributed by atoms with Crippen LogP contribution in [-0.4, -0.2) is 32.8 Å². The Balaban J connectivity index is 1.32. The van der Waals surface area contributed by atoms with Crippen LogP contribution in [0.15, 0.2) is 53.6 Å². The third kappa shape index (κ3) is 4.57. The molecular formula is C21H26N4O2. The summed E-state index contributed by atoms with van der Waals surface area (Å²) in [5, 5.41) is 4.05. The zero-order valence-electron chi connectivity index (χ0n) is 15.8. The molecule has 1 fully saturated rings. The van der Waals surface area contributed by atoms with Crippen LogP contribution in [0.4, 0.5) is 0 Å². The summed E-state index contributed by atoms with van der Waals surface area (Å²) in [6.45, 7) is 5.58. The monoisotopic (exact) mass is 366 g/mol. The number of ether oxygens (including phenoxy) is 1. The summed E-state index contributed by atoms with van der Waals surface area (Å²) < 4.78 is 13.5. The van der Waals surface area contributed by atoms with Gasteiger partial charge in [0, 0.05) is 31.5 Å². The fourth-order valence-corrected chi connectivity index (χ4v) is 3.70. The highest BCUT2D eigenvalue weighted by molar-refractivity contribution is 5.28. The number of rotatable bonds is 8. The highest BCUT2D eigenvalue weighted by Crippen LogP contribution is 2.33. The van der Waals surface area contributed by atoms with E-state index < -0.39 is 0 Å². The molecule has 0 aliphatic carbocycles. The van der Waals surface area contributed by atoms with E-state index in [4.69, 9.17) is 9.26 Å². The summed E-state index contributed by atoms with van der Waals surface area (Å²) in [4.78, 5) is 6.53. The Kier molecular flexibility index (Phi) is 5.53. The SMILES string of the molecule is Cc1cc(C2CCCN2Cc2cccc(OCCCn3ccnc3)c2)on1. The second-order valence-electron chi connectivity index (χ2n) is 7.15. The molecule has 1 atom stereocenters. The van der Waals surface area contributed by atoms with Crippen LogP contribution < -0.4 is 4.74 Å². The summed E-state index contributed by atoms with van der Waals surface area (Å²) in [6, 6.07) is 10.8. The van der Waals surface area contributed by atoms with Gasteiger partial charge in [0.25, 0.3) is 0 Å². The maximum atomic E-state index is 5.94. The molecule has 1 saturated heterocycles. The van der Waals surface area contributed by atoms with Crippen LogP contribution in [-0.2, 0) is 13.1 Å². The van der Waals surface area contributed by atoms with Crippen molar-refractivity contribution in [3.8, 4) is 5.75 Å². The molecule has 6 nitrogen and oxygen atoms in total. The molecule has 3 aromatic rings. The van der Waals surface area contributed by atoms with E-state index in [0.717, 1.165) is 49.7 Å². The van der Waals surface area contributed by atoms with Crippen LogP contribution >= 0.6 is 0 Å². The Labute approximate surface area is 159 Å². The smallest absolute Gasteiger partial charge is 0.154 e. The molecule has 1 aromatic carbocycles. The van der Waals surface area contributed by atoms with E-state index in [1.807, 2.05) is 25.5 Å². The van der Waals surface area contributed by atoms with Gasteiger partial charge in [-0.3, -0.25) is 4.90 Å². The maximum Gasteiger partial charge on any atom is 0.154 e. The lowest BCUT2D eigenvalue weighted by molar-refractivity contribution is 0.206. The second kappa shape index (κ2) is 8.39. The van der Waals surface area contributed by atoms with E-state index in [2.05, 4.69) is 43.9 Å². The lowest BCUT2D eigenvalue weighted by Gasteiger charge is -2.22. The van der Waals surface area contributed by atoms with E-state index in [1.165, 1.54) is 12.0 Å². The number of nitrogens with zero attached hydrogens (tertiary/aromatic N) is 4. The third-order valence-corrected chi connectivity index (χ3v) is 5.01. The van der Waals surface area contributed by atoms with Crippen LogP contribution in [0.3, 0.4) is 0 Å². The zero-order valence-corrected chi connectivity index (χ0v) is 15.8. The molecule has 2 aromatic heterocycles. The van der Waals surface area contributed by atoms with Gasteiger partial charge in [-0.1, -0.05) is 17.3 Å². The lowest BCUT2D eigenvalue weighted by Crippen LogP contribution is -2.22. The van der Waals surface area contributed by atoms with Gasteiger partial charge in [0.15, 0.2) is 5.76 Å². The molecular weight excluding hydrogens is 340 g/mol. The van der Waals surface area contributed by atoms with Crippen LogP contribution in [0.5, 0.6) is 5.75 Å². The number of likely N-dealkylation sites (tertiary alicyclic amines) is 1. The van der Waals surface area contributed by atoms with Gasteiger partial charge >= 0.3 is 0 Å². The molecule has 0 saturated carbocycles. The van der Waals surface area contributed by atoms with Crippen molar-refractivity contribution < 1.29 is 9.26 Å². The Morgan fingerprint density at radius 3 is 3.07 bits per heavy atom. The quantitative estimate of drug-likeness (QED) is 0.564. The predicted molar refractivity (Wildman–Crippen MR) is 102 cm³/mol. The second-order valence-corrected chi connectivity index (χ2v) is 7.15. The molecule has 0 N–H and O–H groups in total. The molecule has 1 aliphatic heterocycles. The van der Waals surface area contributed by atoms with Gasteiger partial charge in [0.2, 0.25) is 0 Å². The maximum absolute atomic E-state index is 5.94. The number of aryl methyl sites for hydroxylation is 2. The van der Waals surface area contributed by atoms with Crippen molar-refractivity contribution in [2.75, 3.05) is 13.2 Å². The lowest BCUT2D eigenvalue weighted by atomic mass is 10.1. The number of hydrogen-bond acceptors (Lipinski definition) is 5. The fourth-order valence-electron chi connectivity index (χ4n) is 3.70. The topological polar surface area (TPSA) is 56.3 Å². The van der Waals surface area contributed by atoms with E-state index in [-0.39, 0.29) is 0 Å². The Morgan fingerprint density at radius 2 is 2.26 bits per heavy atom. The minimum Gasteiger partial charge on any atom is -0.494 e. The number of imidazole rings is 1. The minimum atomic E-state index is 0.325. The molecule has 0 spiro atoms. The molecule has 0 bridgehead atoms. The van der Waals surface area contributed by atoms with Gasteiger partial charge in [-0.25, -0.2) is 4.98 Å². The van der Waals surface area contributed by atoms with E-state index >= 15 is 0 Å². The van der Waals surface area contributed by atoms with Crippen molar-refractivity contribution in [1.82, 2.24) is 19.6 Å². The molecule has 0 amide bonds. The summed E-state index contributed by atoms with van der Waals surface area (Å²) in [5.41, 5.74) is 2.22. The first-order chi connectivity index (χ1) is 13.3. The van der Waals surface area contributed by atoms with Crippen LogP contribution in [0.2, 0.25) is 0 Å². The van der Waals surface area contributed by atoms with Crippen molar-refractivity contribution in [3.05, 3.63) is 66.1 Å². The highest BCUT2D eigenvalue weighted by Gasteiger charge is 2.29. The van der Waals surface area contributed by atoms with Crippen molar-refractivity contribution in [1.29, 1.82) is 0 Å². The van der Waals surface area contributed by atoms with Crippen molar-refractivity contribution in [2.24, 2.45) is 0 Å². The summed E-state index contributed by atoms with van der Waals surface area (Å²) in [7, 11) is 0. The molecule has 1 unspecified atom stereocenters. The predicted octanol–water partition coefficient (Wildman–Crippen LogP) is 3.99. The van der Waals surface area contributed by atoms with Crippen LogP contribution in [0.1, 0.15) is 42.3 Å². The zero-order chi connectivity index (χ0) is 18.5. The molecule has 0 radical (unpaired) electrons. The Morgan fingerprint density at radius 1 is 1.30 bits per heavy atom. The minimum absolute atomic E-state index is 0.325. The number of benzene rings is 1. The van der Waals surface area contributed by atoms with Gasteiger partial charge in [-0.15, -0.1) is 0 Å². The molecule has 4 rings (SSSR count). The fraction of sp³-hybridized carbons (Fsp3) is 0.429. The molecule has 6 heteroatoms. The first-order valence-corrected chi connectivity index (χ1v) is 9.63. The van der Waals surface area contributed by atoms with E-state index in [0.29, 0.717) is 12.6 Å². The first kappa shape index (κ1) is 17.8. The van der Waals surface area contributed by atoms with Gasteiger partial charge in [-0.2, -0.15) is 0 Å². The number of aromatic nitrogens is 3. The average Bonchev–Trinajstić information content (AvgIpc) is 3.41. The van der Waals surface area contributed by atoms with Gasteiger partial charge in [-0.05, 0) is 50.4 Å². The standard InChI is InChI=1S/C21H26N4O2/c1-17-13-21(27-23-17)20-7-3-10-25(20)15-18-5-2-6-19(14-18)26-12-4-9-24-11-8-22-16-24/h2,5-6,8,11,13-14,16,20H,3-4,7,9-10,12,15H2,1H3. The van der Waals surface area contributed by atoms with Crippen LogP contribution in [0, 0.1) is 6.92 Å². The average molecular weight is 366 g/mol. The van der Waals surface area contributed by atoms with Crippen LogP contribution in [0.25, 0.3) is 0 Å². The Bertz CT molecular complexity index is 844. The van der Waals surface area contributed by atoms with E-state index in [9.17, 15) is 0 Å². The van der Waals surface area contributed by atoms with Gasteiger partial charge in [0.1, 0.15) is 5.75 Å². The summed E-state index contributed by atoms with van der Waals surface area (Å²) in [5.74, 6) is 1.92. The van der Waals surface area contributed by atoms with Crippen molar-refractivity contribution >= 4 is 0 Å². The normalized spacial score (nSPS) is 17.4. The molecule has 142 valence electrons. The largest absolute Gasteiger partial charge is 0.494 e. The number of hydrogen-bond donors (Lipinski definition) is 0. The Hall–Kier alpha value is -2.60. The van der Waals surface area contributed by atoms with Gasteiger partial charge in [0.05, 0.1) is 24.7 Å². The molecule has 27 heavy (non-hydrogen) atoms. The highest BCUT2D eigenvalue weighted by atomic mass is 16.5. The summed E-state index contributed by atoms with van der Waals surface area (Å²) in [6.07, 6.45) is 8.88. The molecule has 3 heterocycles. The van der Waals surface area contributed by atoms with Crippen molar-refractivity contribution in [2.45, 2.75) is 45.3 Å². The third-order valence-electron chi connectivity index (χ3n) is 5.01. The van der Waals surface area contributed by atoms with Crippen molar-refractivity contribution in [3.63, 3.8) is 0 Å². The first-order valence-electron chi connectivity index (χ1n) is 9.63. The molecule has 1 aliphatic rings.